The lowest BCUT2D eigenvalue weighted by Crippen LogP contribution is -2.31. The number of amides is 1. The first-order valence-electron chi connectivity index (χ1n) is 10.1. The molecule has 154 valence electrons. The molecule has 3 aromatic carbocycles. The summed E-state index contributed by atoms with van der Waals surface area (Å²) in [5, 5.41) is 7.02. The van der Waals surface area contributed by atoms with Gasteiger partial charge >= 0.3 is 0 Å². The Morgan fingerprint density at radius 3 is 2.52 bits per heavy atom. The van der Waals surface area contributed by atoms with Crippen LogP contribution in [0.3, 0.4) is 0 Å². The molecular weight excluding hydrogens is 408 g/mol. The second kappa shape index (κ2) is 7.60. The van der Waals surface area contributed by atoms with Crippen molar-refractivity contribution in [3.8, 4) is 0 Å². The molecule has 0 radical (unpaired) electrons. The Labute approximate surface area is 185 Å². The summed E-state index contributed by atoms with van der Waals surface area (Å²) >= 11 is 6.64. The Balaban J connectivity index is 1.70. The average Bonchev–Trinajstić information content (AvgIpc) is 3.12. The number of aryl methyl sites for hydroxylation is 1. The lowest BCUT2D eigenvalue weighted by Gasteiger charge is -2.31. The molecule has 2 N–H and O–H groups in total. The molecule has 1 aromatic heterocycles. The highest BCUT2D eigenvalue weighted by molar-refractivity contribution is 6.31. The van der Waals surface area contributed by atoms with Crippen LogP contribution >= 0.6 is 11.6 Å². The van der Waals surface area contributed by atoms with E-state index in [-0.39, 0.29) is 5.91 Å². The van der Waals surface area contributed by atoms with Crippen molar-refractivity contribution in [3.63, 3.8) is 0 Å². The quantitative estimate of drug-likeness (QED) is 0.425. The molecule has 1 aliphatic heterocycles. The third-order valence-electron chi connectivity index (χ3n) is 5.67. The zero-order chi connectivity index (χ0) is 21.5. The topological polar surface area (TPSA) is 59.0 Å². The molecule has 0 saturated heterocycles. The smallest absolute Gasteiger partial charge is 0.255 e. The molecule has 0 spiro atoms. The highest BCUT2D eigenvalue weighted by atomic mass is 35.5. The molecule has 0 aliphatic carbocycles. The Morgan fingerprint density at radius 2 is 1.71 bits per heavy atom. The molecular formula is C25H21ClN4O. The van der Waals surface area contributed by atoms with Crippen molar-refractivity contribution in [2.45, 2.75) is 19.9 Å². The molecule has 0 fully saturated rings. The van der Waals surface area contributed by atoms with Crippen LogP contribution in [0.25, 0.3) is 11.0 Å². The van der Waals surface area contributed by atoms with E-state index in [1.54, 1.807) is 0 Å². The average molecular weight is 429 g/mol. The standard InChI is InChI=1S/C25H21ClN4O/c1-15-9-3-6-12-19(15)28-24(31)22-16(2)27-25-29-20-13-7-8-14-21(20)30(25)23(22)17-10-4-5-11-18(17)26/h3-14,23H,1-2H3,(H,27,29)(H,28,31). The molecule has 5 nitrogen and oxygen atoms in total. The van der Waals surface area contributed by atoms with Gasteiger partial charge in [-0.3, -0.25) is 9.36 Å². The molecule has 31 heavy (non-hydrogen) atoms. The van der Waals surface area contributed by atoms with Gasteiger partial charge in [0.2, 0.25) is 5.95 Å². The predicted octanol–water partition coefficient (Wildman–Crippen LogP) is 5.93. The Hall–Kier alpha value is -3.57. The maximum Gasteiger partial charge on any atom is 0.255 e. The van der Waals surface area contributed by atoms with E-state index in [4.69, 9.17) is 16.6 Å². The SMILES string of the molecule is CC1=C(C(=O)Nc2ccccc2C)C(c2ccccc2Cl)n2c(nc3ccccc32)N1. The lowest BCUT2D eigenvalue weighted by molar-refractivity contribution is -0.113. The van der Waals surface area contributed by atoms with E-state index in [0.717, 1.165) is 33.5 Å². The minimum absolute atomic E-state index is 0.173. The Morgan fingerprint density at radius 1 is 1.00 bits per heavy atom. The number of rotatable bonds is 3. The van der Waals surface area contributed by atoms with Gasteiger partial charge in [0.15, 0.2) is 0 Å². The summed E-state index contributed by atoms with van der Waals surface area (Å²) in [6.07, 6.45) is 0. The number of para-hydroxylation sites is 3. The van der Waals surface area contributed by atoms with Crippen LogP contribution in [0.15, 0.2) is 84.1 Å². The van der Waals surface area contributed by atoms with Crippen LogP contribution in [-0.2, 0) is 4.79 Å². The number of nitrogens with zero attached hydrogens (tertiary/aromatic N) is 2. The van der Waals surface area contributed by atoms with E-state index in [2.05, 4.69) is 15.2 Å². The number of allylic oxidation sites excluding steroid dienone is 1. The molecule has 1 amide bonds. The van der Waals surface area contributed by atoms with Gasteiger partial charge in [-0.1, -0.05) is 60.1 Å². The van der Waals surface area contributed by atoms with Gasteiger partial charge in [-0.05, 0) is 49.2 Å². The summed E-state index contributed by atoms with van der Waals surface area (Å²) in [7, 11) is 0. The lowest BCUT2D eigenvalue weighted by atomic mass is 9.94. The van der Waals surface area contributed by atoms with Crippen molar-refractivity contribution < 1.29 is 4.79 Å². The van der Waals surface area contributed by atoms with Crippen LogP contribution in [0.1, 0.15) is 24.1 Å². The molecule has 1 unspecified atom stereocenters. The van der Waals surface area contributed by atoms with Crippen LogP contribution in [0, 0.1) is 6.92 Å². The van der Waals surface area contributed by atoms with Crippen LogP contribution in [0.2, 0.25) is 5.02 Å². The van der Waals surface area contributed by atoms with E-state index in [1.165, 1.54) is 0 Å². The van der Waals surface area contributed by atoms with Gasteiger partial charge in [-0.25, -0.2) is 4.98 Å². The maximum atomic E-state index is 13.6. The van der Waals surface area contributed by atoms with Crippen molar-refractivity contribution in [3.05, 3.63) is 100 Å². The van der Waals surface area contributed by atoms with Crippen molar-refractivity contribution in [2.24, 2.45) is 0 Å². The monoisotopic (exact) mass is 428 g/mol. The molecule has 0 bridgehead atoms. The number of fused-ring (bicyclic) bond motifs is 3. The number of hydrogen-bond acceptors (Lipinski definition) is 3. The minimum atomic E-state index is -0.415. The van der Waals surface area contributed by atoms with Gasteiger partial charge in [-0.15, -0.1) is 0 Å². The zero-order valence-electron chi connectivity index (χ0n) is 17.2. The van der Waals surface area contributed by atoms with E-state index in [1.807, 2.05) is 86.6 Å². The predicted molar refractivity (Wildman–Crippen MR) is 125 cm³/mol. The highest BCUT2D eigenvalue weighted by Gasteiger charge is 2.35. The summed E-state index contributed by atoms with van der Waals surface area (Å²) in [4.78, 5) is 18.4. The largest absolute Gasteiger partial charge is 0.329 e. The summed E-state index contributed by atoms with van der Waals surface area (Å²) < 4.78 is 2.05. The van der Waals surface area contributed by atoms with Crippen molar-refractivity contribution in [1.29, 1.82) is 0 Å². The molecule has 2 heterocycles. The van der Waals surface area contributed by atoms with Gasteiger partial charge in [0.25, 0.3) is 5.91 Å². The number of benzene rings is 3. The summed E-state index contributed by atoms with van der Waals surface area (Å²) in [5.74, 6) is 0.517. The Bertz CT molecular complexity index is 1350. The Kier molecular flexibility index (Phi) is 4.75. The maximum absolute atomic E-state index is 13.6. The van der Waals surface area contributed by atoms with E-state index in [9.17, 15) is 4.79 Å². The first-order chi connectivity index (χ1) is 15.0. The third-order valence-corrected chi connectivity index (χ3v) is 6.01. The number of imidazole rings is 1. The fraction of sp³-hybridized carbons (Fsp3) is 0.120. The number of carbonyl (C=O) groups excluding carboxylic acids is 1. The molecule has 6 heteroatoms. The van der Waals surface area contributed by atoms with Crippen LogP contribution in [0.4, 0.5) is 11.6 Å². The molecule has 5 rings (SSSR count). The van der Waals surface area contributed by atoms with Gasteiger partial charge in [-0.2, -0.15) is 0 Å². The molecule has 1 atom stereocenters. The summed E-state index contributed by atoms with van der Waals surface area (Å²) in [6.45, 7) is 3.88. The number of nitrogens with one attached hydrogen (secondary N) is 2. The van der Waals surface area contributed by atoms with Crippen molar-refractivity contribution in [1.82, 2.24) is 9.55 Å². The van der Waals surface area contributed by atoms with E-state index >= 15 is 0 Å². The number of aromatic nitrogens is 2. The third kappa shape index (κ3) is 3.27. The number of halogens is 1. The first-order valence-corrected chi connectivity index (χ1v) is 10.5. The fourth-order valence-corrected chi connectivity index (χ4v) is 4.39. The van der Waals surface area contributed by atoms with Gasteiger partial charge in [0.1, 0.15) is 0 Å². The molecule has 0 saturated carbocycles. The molecule has 1 aliphatic rings. The van der Waals surface area contributed by atoms with Crippen LogP contribution < -0.4 is 10.6 Å². The van der Waals surface area contributed by atoms with Crippen LogP contribution in [-0.4, -0.2) is 15.5 Å². The number of hydrogen-bond donors (Lipinski definition) is 2. The van der Waals surface area contributed by atoms with Gasteiger partial charge in [0, 0.05) is 16.4 Å². The number of carbonyl (C=O) groups is 1. The van der Waals surface area contributed by atoms with E-state index < -0.39 is 6.04 Å². The van der Waals surface area contributed by atoms with Gasteiger partial charge in [0.05, 0.1) is 22.6 Å². The second-order valence-electron chi connectivity index (χ2n) is 7.65. The number of anilines is 2. The fourth-order valence-electron chi connectivity index (χ4n) is 4.15. The van der Waals surface area contributed by atoms with E-state index in [0.29, 0.717) is 16.5 Å². The van der Waals surface area contributed by atoms with Crippen molar-refractivity contribution in [2.75, 3.05) is 10.6 Å². The highest BCUT2D eigenvalue weighted by Crippen LogP contribution is 2.41. The summed E-state index contributed by atoms with van der Waals surface area (Å²) in [5.41, 5.74) is 5.78. The second-order valence-corrected chi connectivity index (χ2v) is 8.06. The minimum Gasteiger partial charge on any atom is -0.329 e. The molecule has 4 aromatic rings. The van der Waals surface area contributed by atoms with Gasteiger partial charge < -0.3 is 10.6 Å². The zero-order valence-corrected chi connectivity index (χ0v) is 17.9. The first kappa shape index (κ1) is 19.4. The normalized spacial score (nSPS) is 15.5. The summed E-state index contributed by atoms with van der Waals surface area (Å²) in [6, 6.07) is 22.9. The van der Waals surface area contributed by atoms with Crippen molar-refractivity contribution >= 4 is 40.2 Å². The van der Waals surface area contributed by atoms with Crippen LogP contribution in [0.5, 0.6) is 0 Å².